The van der Waals surface area contributed by atoms with Crippen LogP contribution < -0.4 is 4.90 Å². The van der Waals surface area contributed by atoms with E-state index < -0.39 is 0 Å². The molecule has 3 heteroatoms. The molecule has 2 unspecified atom stereocenters. The Labute approximate surface area is 116 Å². The van der Waals surface area contributed by atoms with E-state index >= 15 is 0 Å². The normalized spacial score (nSPS) is 25.4. The van der Waals surface area contributed by atoms with Crippen LogP contribution in [0.4, 0.5) is 5.69 Å². The van der Waals surface area contributed by atoms with Crippen molar-refractivity contribution < 1.29 is 5.11 Å². The van der Waals surface area contributed by atoms with Crippen LogP contribution in [0.2, 0.25) is 0 Å². The van der Waals surface area contributed by atoms with E-state index in [9.17, 15) is 5.11 Å². The second-order valence-corrected chi connectivity index (χ2v) is 5.95. The summed E-state index contributed by atoms with van der Waals surface area (Å²) in [6.07, 6.45) is 1.14. The number of likely N-dealkylation sites (N-methyl/N-ethyl adjacent to an activating group) is 1. The molecule has 0 aromatic heterocycles. The number of rotatable bonds is 2. The van der Waals surface area contributed by atoms with Crippen LogP contribution in [0.5, 0.6) is 0 Å². The molecule has 0 aliphatic carbocycles. The van der Waals surface area contributed by atoms with Crippen molar-refractivity contribution in [1.82, 2.24) is 4.90 Å². The smallest absolute Gasteiger partial charge is 0.0604 e. The van der Waals surface area contributed by atoms with Crippen molar-refractivity contribution in [2.75, 3.05) is 31.6 Å². The summed E-state index contributed by atoms with van der Waals surface area (Å²) in [7, 11) is 2.11. The minimum absolute atomic E-state index is 0.227. The number of hydrogen-bond donors (Lipinski definition) is 1. The summed E-state index contributed by atoms with van der Waals surface area (Å²) in [6, 6.07) is 7.46. The van der Waals surface area contributed by atoms with Crippen LogP contribution in [0.25, 0.3) is 0 Å². The molecule has 1 N–H and O–H groups in total. The van der Waals surface area contributed by atoms with Gasteiger partial charge in [-0.15, -0.1) is 0 Å². The average molecular weight is 262 g/mol. The second kappa shape index (κ2) is 5.93. The number of benzene rings is 1. The number of aryl methyl sites for hydroxylation is 2. The van der Waals surface area contributed by atoms with Gasteiger partial charge in [0.2, 0.25) is 0 Å². The molecule has 0 bridgehead atoms. The Kier molecular flexibility index (Phi) is 4.48. The van der Waals surface area contributed by atoms with Crippen molar-refractivity contribution in [1.29, 1.82) is 0 Å². The zero-order chi connectivity index (χ0) is 14.0. The third-order valence-electron chi connectivity index (χ3n) is 4.21. The largest absolute Gasteiger partial charge is 0.395 e. The average Bonchev–Trinajstić information content (AvgIpc) is 2.48. The van der Waals surface area contributed by atoms with E-state index in [1.807, 2.05) is 0 Å². The molecule has 1 fully saturated rings. The lowest BCUT2D eigenvalue weighted by Gasteiger charge is -2.32. The monoisotopic (exact) mass is 262 g/mol. The van der Waals surface area contributed by atoms with E-state index in [0.717, 1.165) is 19.5 Å². The molecule has 0 radical (unpaired) electrons. The Hall–Kier alpha value is -1.06. The summed E-state index contributed by atoms with van der Waals surface area (Å²) in [5.41, 5.74) is 3.90. The van der Waals surface area contributed by atoms with E-state index in [0.29, 0.717) is 6.04 Å². The molecule has 106 valence electrons. The molecule has 1 aromatic carbocycles. The van der Waals surface area contributed by atoms with Gasteiger partial charge < -0.3 is 10.0 Å². The molecule has 0 spiro atoms. The highest BCUT2D eigenvalue weighted by Crippen LogP contribution is 2.25. The quantitative estimate of drug-likeness (QED) is 0.885. The molecular formula is C16H26N2O. The molecule has 3 nitrogen and oxygen atoms in total. The molecule has 1 saturated heterocycles. The third kappa shape index (κ3) is 3.28. The maximum absolute atomic E-state index is 9.58. The zero-order valence-electron chi connectivity index (χ0n) is 12.6. The van der Waals surface area contributed by atoms with Crippen molar-refractivity contribution in [3.8, 4) is 0 Å². The molecule has 1 heterocycles. The van der Waals surface area contributed by atoms with E-state index in [2.05, 4.69) is 55.8 Å². The molecule has 2 atom stereocenters. The van der Waals surface area contributed by atoms with Crippen molar-refractivity contribution >= 4 is 5.69 Å². The second-order valence-electron chi connectivity index (χ2n) is 5.95. The van der Waals surface area contributed by atoms with Gasteiger partial charge in [-0.25, -0.2) is 0 Å². The van der Waals surface area contributed by atoms with Crippen molar-refractivity contribution in [2.24, 2.45) is 0 Å². The summed E-state index contributed by atoms with van der Waals surface area (Å²) >= 11 is 0. The number of nitrogens with zero attached hydrogens (tertiary/aromatic N) is 2. The Bertz CT molecular complexity index is 413. The Morgan fingerprint density at radius 1 is 1.21 bits per heavy atom. The number of anilines is 1. The molecule has 1 aliphatic heterocycles. The van der Waals surface area contributed by atoms with Crippen LogP contribution in [0.15, 0.2) is 18.2 Å². The van der Waals surface area contributed by atoms with E-state index in [4.69, 9.17) is 0 Å². The SMILES string of the molecule is Cc1cc(C)cc(N2CC(CO)N(C)CCC2C)c1. The van der Waals surface area contributed by atoms with Gasteiger partial charge in [-0.2, -0.15) is 0 Å². The first-order chi connectivity index (χ1) is 9.01. The fraction of sp³-hybridized carbons (Fsp3) is 0.625. The number of hydrogen-bond acceptors (Lipinski definition) is 3. The molecular weight excluding hydrogens is 236 g/mol. The minimum Gasteiger partial charge on any atom is -0.395 e. The van der Waals surface area contributed by atoms with Crippen LogP contribution in [0, 0.1) is 13.8 Å². The summed E-state index contributed by atoms with van der Waals surface area (Å²) in [5.74, 6) is 0. The van der Waals surface area contributed by atoms with Gasteiger partial charge in [-0.1, -0.05) is 6.07 Å². The van der Waals surface area contributed by atoms with Crippen LogP contribution >= 0.6 is 0 Å². The predicted molar refractivity (Wildman–Crippen MR) is 80.8 cm³/mol. The Balaban J connectivity index is 2.29. The van der Waals surface area contributed by atoms with Gasteiger partial charge in [0.1, 0.15) is 0 Å². The van der Waals surface area contributed by atoms with Crippen molar-refractivity contribution in [2.45, 2.75) is 39.3 Å². The Morgan fingerprint density at radius 2 is 1.84 bits per heavy atom. The Morgan fingerprint density at radius 3 is 2.42 bits per heavy atom. The molecule has 0 amide bonds. The van der Waals surface area contributed by atoms with Gasteiger partial charge in [0.15, 0.2) is 0 Å². The summed E-state index contributed by atoms with van der Waals surface area (Å²) in [4.78, 5) is 4.73. The highest BCUT2D eigenvalue weighted by molar-refractivity contribution is 5.52. The van der Waals surface area contributed by atoms with Gasteiger partial charge in [0, 0.05) is 30.9 Å². The lowest BCUT2D eigenvalue weighted by Crippen LogP contribution is -2.43. The van der Waals surface area contributed by atoms with Crippen molar-refractivity contribution in [3.05, 3.63) is 29.3 Å². The standard InChI is InChI=1S/C16H26N2O/c1-12-7-13(2)9-15(8-12)18-10-16(11-19)17(4)6-5-14(18)3/h7-9,14,16,19H,5-6,10-11H2,1-4H3. The van der Waals surface area contributed by atoms with Gasteiger partial charge in [0.05, 0.1) is 6.61 Å². The zero-order valence-corrected chi connectivity index (χ0v) is 12.6. The number of aliphatic hydroxyl groups excluding tert-OH is 1. The highest BCUT2D eigenvalue weighted by Gasteiger charge is 2.26. The minimum atomic E-state index is 0.227. The highest BCUT2D eigenvalue weighted by atomic mass is 16.3. The summed E-state index contributed by atoms with van der Waals surface area (Å²) in [5, 5.41) is 9.58. The molecule has 19 heavy (non-hydrogen) atoms. The maximum Gasteiger partial charge on any atom is 0.0604 e. The van der Waals surface area contributed by atoms with Crippen LogP contribution in [-0.4, -0.2) is 48.8 Å². The summed E-state index contributed by atoms with van der Waals surface area (Å²) in [6.45, 7) is 8.75. The van der Waals surface area contributed by atoms with Gasteiger partial charge in [-0.3, -0.25) is 4.90 Å². The van der Waals surface area contributed by atoms with Crippen molar-refractivity contribution in [3.63, 3.8) is 0 Å². The van der Waals surface area contributed by atoms with E-state index in [1.165, 1.54) is 16.8 Å². The third-order valence-corrected chi connectivity index (χ3v) is 4.21. The fourth-order valence-electron chi connectivity index (χ4n) is 2.95. The first-order valence-corrected chi connectivity index (χ1v) is 7.17. The van der Waals surface area contributed by atoms with E-state index in [-0.39, 0.29) is 12.6 Å². The molecule has 0 saturated carbocycles. The van der Waals surface area contributed by atoms with Crippen LogP contribution in [-0.2, 0) is 0 Å². The fourth-order valence-corrected chi connectivity index (χ4v) is 2.95. The molecule has 1 aromatic rings. The lowest BCUT2D eigenvalue weighted by atomic mass is 10.1. The molecule has 2 rings (SSSR count). The lowest BCUT2D eigenvalue weighted by molar-refractivity contribution is 0.159. The first kappa shape index (κ1) is 14.4. The summed E-state index contributed by atoms with van der Waals surface area (Å²) < 4.78 is 0. The maximum atomic E-state index is 9.58. The van der Waals surface area contributed by atoms with Gasteiger partial charge in [0.25, 0.3) is 0 Å². The topological polar surface area (TPSA) is 26.7 Å². The van der Waals surface area contributed by atoms with Gasteiger partial charge >= 0.3 is 0 Å². The molecule has 1 aliphatic rings. The van der Waals surface area contributed by atoms with E-state index in [1.54, 1.807) is 0 Å². The predicted octanol–water partition coefficient (Wildman–Crippen LogP) is 2.19. The van der Waals surface area contributed by atoms with Crippen LogP contribution in [0.1, 0.15) is 24.5 Å². The number of aliphatic hydroxyl groups is 1. The first-order valence-electron chi connectivity index (χ1n) is 7.17. The van der Waals surface area contributed by atoms with Gasteiger partial charge in [-0.05, 0) is 57.5 Å². The van der Waals surface area contributed by atoms with Crippen LogP contribution in [0.3, 0.4) is 0 Å².